The Hall–Kier alpha value is -1.09. The van der Waals surface area contributed by atoms with Crippen molar-refractivity contribution in [2.45, 2.75) is 19.4 Å². The lowest BCUT2D eigenvalue weighted by atomic mass is 9.93. The van der Waals surface area contributed by atoms with Crippen LogP contribution in [0.25, 0.3) is 0 Å². The molecule has 1 aromatic carbocycles. The van der Waals surface area contributed by atoms with Gasteiger partial charge in [-0.2, -0.15) is 0 Å². The van der Waals surface area contributed by atoms with Crippen LogP contribution in [-0.4, -0.2) is 14.2 Å². The molecular weight excluding hydrogens is 181 g/mol. The van der Waals surface area contributed by atoms with Crippen LogP contribution in [0, 0.1) is 5.82 Å². The molecule has 0 aliphatic carbocycles. The van der Waals surface area contributed by atoms with E-state index in [1.807, 2.05) is 20.9 Å². The average molecular weight is 197 g/mol. The van der Waals surface area contributed by atoms with Crippen molar-refractivity contribution in [3.8, 4) is 5.75 Å². The molecular formula is C11H16FNO. The summed E-state index contributed by atoms with van der Waals surface area (Å²) < 4.78 is 18.2. The van der Waals surface area contributed by atoms with Crippen molar-refractivity contribution in [3.05, 3.63) is 29.6 Å². The molecule has 1 N–H and O–H groups in total. The van der Waals surface area contributed by atoms with E-state index in [1.54, 1.807) is 13.2 Å². The first-order valence-corrected chi connectivity index (χ1v) is 4.54. The number of hydrogen-bond donors (Lipinski definition) is 1. The van der Waals surface area contributed by atoms with E-state index in [9.17, 15) is 4.39 Å². The van der Waals surface area contributed by atoms with Crippen molar-refractivity contribution in [2.75, 3.05) is 14.2 Å². The Morgan fingerprint density at radius 1 is 1.36 bits per heavy atom. The molecule has 78 valence electrons. The lowest BCUT2D eigenvalue weighted by Gasteiger charge is -2.26. The van der Waals surface area contributed by atoms with Crippen LogP contribution in [-0.2, 0) is 5.54 Å². The minimum Gasteiger partial charge on any atom is -0.496 e. The lowest BCUT2D eigenvalue weighted by Crippen LogP contribution is -2.33. The molecule has 1 aromatic rings. The highest BCUT2D eigenvalue weighted by Crippen LogP contribution is 2.29. The summed E-state index contributed by atoms with van der Waals surface area (Å²) in [5.74, 6) is 0.454. The number of halogens is 1. The Balaban J connectivity index is 3.23. The SMILES string of the molecule is CNC(C)(C)c1cc(F)ccc1OC. The van der Waals surface area contributed by atoms with E-state index in [4.69, 9.17) is 4.74 Å². The van der Waals surface area contributed by atoms with E-state index >= 15 is 0 Å². The normalized spacial score (nSPS) is 11.5. The van der Waals surface area contributed by atoms with E-state index in [-0.39, 0.29) is 11.4 Å². The van der Waals surface area contributed by atoms with Gasteiger partial charge >= 0.3 is 0 Å². The van der Waals surface area contributed by atoms with Crippen molar-refractivity contribution in [3.63, 3.8) is 0 Å². The maximum atomic E-state index is 13.1. The van der Waals surface area contributed by atoms with Gasteiger partial charge in [0, 0.05) is 11.1 Å². The molecule has 0 spiro atoms. The predicted molar refractivity (Wildman–Crippen MR) is 55.0 cm³/mol. The van der Waals surface area contributed by atoms with E-state index in [0.29, 0.717) is 5.75 Å². The molecule has 0 aliphatic rings. The van der Waals surface area contributed by atoms with Gasteiger partial charge in [0.1, 0.15) is 11.6 Å². The summed E-state index contributed by atoms with van der Waals surface area (Å²) in [5, 5.41) is 3.11. The van der Waals surface area contributed by atoms with Gasteiger partial charge in [0.05, 0.1) is 7.11 Å². The highest BCUT2D eigenvalue weighted by atomic mass is 19.1. The summed E-state index contributed by atoms with van der Waals surface area (Å²) in [6, 6.07) is 4.53. The Morgan fingerprint density at radius 3 is 2.50 bits per heavy atom. The quantitative estimate of drug-likeness (QED) is 0.802. The van der Waals surface area contributed by atoms with Crippen LogP contribution in [0.1, 0.15) is 19.4 Å². The first-order chi connectivity index (χ1) is 6.51. The summed E-state index contributed by atoms with van der Waals surface area (Å²) in [4.78, 5) is 0. The second kappa shape index (κ2) is 3.96. The topological polar surface area (TPSA) is 21.3 Å². The van der Waals surface area contributed by atoms with Crippen LogP contribution >= 0.6 is 0 Å². The van der Waals surface area contributed by atoms with Gasteiger partial charge in [-0.25, -0.2) is 4.39 Å². The molecule has 0 saturated carbocycles. The summed E-state index contributed by atoms with van der Waals surface area (Å²) >= 11 is 0. The van der Waals surface area contributed by atoms with Gasteiger partial charge in [-0.05, 0) is 39.1 Å². The van der Waals surface area contributed by atoms with Crippen molar-refractivity contribution in [2.24, 2.45) is 0 Å². The highest BCUT2D eigenvalue weighted by molar-refractivity contribution is 5.38. The molecule has 0 radical (unpaired) electrons. The van der Waals surface area contributed by atoms with E-state index in [1.165, 1.54) is 12.1 Å². The monoisotopic (exact) mass is 197 g/mol. The number of hydrogen-bond acceptors (Lipinski definition) is 2. The van der Waals surface area contributed by atoms with Crippen LogP contribution in [0.2, 0.25) is 0 Å². The lowest BCUT2D eigenvalue weighted by molar-refractivity contribution is 0.372. The summed E-state index contributed by atoms with van der Waals surface area (Å²) in [6.45, 7) is 3.95. The standard InChI is InChI=1S/C11H16FNO/c1-11(2,13-3)9-7-8(12)5-6-10(9)14-4/h5-7,13H,1-4H3. The first kappa shape index (κ1) is 11.0. The van der Waals surface area contributed by atoms with Crippen LogP contribution in [0.4, 0.5) is 4.39 Å². The van der Waals surface area contributed by atoms with Gasteiger partial charge in [-0.1, -0.05) is 0 Å². The molecule has 0 bridgehead atoms. The fourth-order valence-corrected chi connectivity index (χ4v) is 1.30. The molecule has 0 aliphatic heterocycles. The number of benzene rings is 1. The second-order valence-electron chi connectivity index (χ2n) is 3.72. The predicted octanol–water partition coefficient (Wildman–Crippen LogP) is 2.29. The Morgan fingerprint density at radius 2 is 2.00 bits per heavy atom. The smallest absolute Gasteiger partial charge is 0.124 e. The molecule has 0 amide bonds. The maximum absolute atomic E-state index is 13.1. The number of nitrogens with one attached hydrogen (secondary N) is 1. The zero-order valence-electron chi connectivity index (χ0n) is 9.02. The zero-order valence-corrected chi connectivity index (χ0v) is 9.02. The van der Waals surface area contributed by atoms with Crippen LogP contribution in [0.15, 0.2) is 18.2 Å². The zero-order chi connectivity index (χ0) is 10.8. The Bertz CT molecular complexity index is 323. The van der Waals surface area contributed by atoms with Gasteiger partial charge < -0.3 is 10.1 Å². The second-order valence-corrected chi connectivity index (χ2v) is 3.72. The summed E-state index contributed by atoms with van der Waals surface area (Å²) in [5.41, 5.74) is 0.524. The largest absolute Gasteiger partial charge is 0.496 e. The highest BCUT2D eigenvalue weighted by Gasteiger charge is 2.22. The molecule has 0 fully saturated rings. The van der Waals surface area contributed by atoms with Crippen LogP contribution < -0.4 is 10.1 Å². The van der Waals surface area contributed by atoms with Crippen LogP contribution in [0.5, 0.6) is 5.75 Å². The molecule has 2 nitrogen and oxygen atoms in total. The summed E-state index contributed by atoms with van der Waals surface area (Å²) in [6.07, 6.45) is 0. The molecule has 0 heterocycles. The van der Waals surface area contributed by atoms with Crippen molar-refractivity contribution in [1.82, 2.24) is 5.32 Å². The van der Waals surface area contributed by atoms with E-state index in [2.05, 4.69) is 5.32 Å². The van der Waals surface area contributed by atoms with Gasteiger partial charge in [-0.3, -0.25) is 0 Å². The van der Waals surface area contributed by atoms with Crippen molar-refractivity contribution in [1.29, 1.82) is 0 Å². The van der Waals surface area contributed by atoms with Gasteiger partial charge in [-0.15, -0.1) is 0 Å². The number of ether oxygens (including phenoxy) is 1. The number of methoxy groups -OCH3 is 1. The maximum Gasteiger partial charge on any atom is 0.124 e. The third-order valence-electron chi connectivity index (χ3n) is 2.46. The Kier molecular flexibility index (Phi) is 3.11. The van der Waals surface area contributed by atoms with Crippen LogP contribution in [0.3, 0.4) is 0 Å². The van der Waals surface area contributed by atoms with E-state index < -0.39 is 0 Å². The van der Waals surface area contributed by atoms with Gasteiger partial charge in [0.2, 0.25) is 0 Å². The molecule has 0 atom stereocenters. The van der Waals surface area contributed by atoms with E-state index in [0.717, 1.165) is 5.56 Å². The molecule has 14 heavy (non-hydrogen) atoms. The fraction of sp³-hybridized carbons (Fsp3) is 0.455. The molecule has 1 rings (SSSR count). The fourth-order valence-electron chi connectivity index (χ4n) is 1.30. The molecule has 0 aromatic heterocycles. The average Bonchev–Trinajstić information content (AvgIpc) is 2.18. The minimum absolute atomic E-state index is 0.246. The summed E-state index contributed by atoms with van der Waals surface area (Å²) in [7, 11) is 3.42. The van der Waals surface area contributed by atoms with Crippen molar-refractivity contribution >= 4 is 0 Å². The molecule has 0 saturated heterocycles. The third kappa shape index (κ3) is 2.04. The number of rotatable bonds is 3. The molecule has 0 unspecified atom stereocenters. The van der Waals surface area contributed by atoms with Crippen molar-refractivity contribution < 1.29 is 9.13 Å². The first-order valence-electron chi connectivity index (χ1n) is 4.54. The van der Waals surface area contributed by atoms with Gasteiger partial charge in [0.15, 0.2) is 0 Å². The minimum atomic E-state index is -0.298. The van der Waals surface area contributed by atoms with Gasteiger partial charge in [0.25, 0.3) is 0 Å². The third-order valence-corrected chi connectivity index (χ3v) is 2.46. The molecule has 3 heteroatoms. The Labute approximate surface area is 84.1 Å².